The molecule has 0 saturated heterocycles. The molecule has 2 aromatic rings. The van der Waals surface area contributed by atoms with Crippen LogP contribution in [0.1, 0.15) is 34.9 Å². The van der Waals surface area contributed by atoms with Gasteiger partial charge in [-0.25, -0.2) is 0 Å². The first-order valence-corrected chi connectivity index (χ1v) is 7.61. The average Bonchev–Trinajstić information content (AvgIpc) is 3.24. The van der Waals surface area contributed by atoms with Gasteiger partial charge in [-0.15, -0.1) is 0 Å². The Balaban J connectivity index is 1.75. The van der Waals surface area contributed by atoms with Crippen LogP contribution in [-0.2, 0) is 6.42 Å². The molecule has 3 rings (SSSR count). The average molecular weight is 344 g/mol. The fourth-order valence-corrected chi connectivity index (χ4v) is 2.71. The van der Waals surface area contributed by atoms with E-state index in [2.05, 4.69) is 27.3 Å². The van der Waals surface area contributed by atoms with Crippen LogP contribution in [0.3, 0.4) is 0 Å². The molecule has 1 N–H and O–H groups in total. The van der Waals surface area contributed by atoms with Crippen molar-refractivity contribution in [3.8, 4) is 6.07 Å². The van der Waals surface area contributed by atoms with Gasteiger partial charge < -0.3 is 9.88 Å². The first-order chi connectivity index (χ1) is 10.2. The zero-order chi connectivity index (χ0) is 14.8. The van der Waals surface area contributed by atoms with Crippen LogP contribution >= 0.6 is 15.9 Å². The summed E-state index contributed by atoms with van der Waals surface area (Å²) in [4.78, 5) is 12.4. The van der Waals surface area contributed by atoms with Crippen molar-refractivity contribution in [3.05, 3.63) is 52.3 Å². The van der Waals surface area contributed by atoms with E-state index in [1.807, 2.05) is 41.1 Å². The van der Waals surface area contributed by atoms with Gasteiger partial charge in [-0.05, 0) is 52.5 Å². The van der Waals surface area contributed by atoms with Crippen LogP contribution in [0.25, 0.3) is 0 Å². The topological polar surface area (TPSA) is 57.8 Å². The Bertz CT molecular complexity index is 708. The van der Waals surface area contributed by atoms with Crippen LogP contribution in [0, 0.1) is 11.3 Å². The monoisotopic (exact) mass is 343 g/mol. The molecule has 1 aliphatic carbocycles. The number of nitriles is 1. The fourth-order valence-electron chi connectivity index (χ4n) is 2.27. The zero-order valence-electron chi connectivity index (χ0n) is 11.3. The first-order valence-electron chi connectivity index (χ1n) is 6.82. The van der Waals surface area contributed by atoms with Crippen molar-refractivity contribution in [1.29, 1.82) is 5.26 Å². The molecule has 1 aromatic heterocycles. The highest BCUT2D eigenvalue weighted by molar-refractivity contribution is 9.10. The molecule has 4 nitrogen and oxygen atoms in total. The minimum atomic E-state index is -0.111. The summed E-state index contributed by atoms with van der Waals surface area (Å²) in [6, 6.07) is 11.8. The molecule has 1 aliphatic rings. The molecule has 106 valence electrons. The maximum absolute atomic E-state index is 12.4. The number of amides is 1. The van der Waals surface area contributed by atoms with Gasteiger partial charge in [0.25, 0.3) is 5.91 Å². The van der Waals surface area contributed by atoms with Gasteiger partial charge in [0.1, 0.15) is 5.69 Å². The molecule has 0 atom stereocenters. The maximum Gasteiger partial charge on any atom is 0.272 e. The molecule has 5 heteroatoms. The summed E-state index contributed by atoms with van der Waals surface area (Å²) in [5.74, 6) is -0.111. The molecule has 0 radical (unpaired) electrons. The van der Waals surface area contributed by atoms with Crippen LogP contribution in [-0.4, -0.2) is 10.5 Å². The lowest BCUT2D eigenvalue weighted by Gasteiger charge is -2.09. The van der Waals surface area contributed by atoms with E-state index in [4.69, 9.17) is 5.26 Å². The maximum atomic E-state index is 12.4. The third-order valence-electron chi connectivity index (χ3n) is 3.48. The fraction of sp³-hybridized carbons (Fsp3) is 0.250. The van der Waals surface area contributed by atoms with Crippen molar-refractivity contribution in [2.75, 3.05) is 5.32 Å². The van der Waals surface area contributed by atoms with Crippen LogP contribution in [0.2, 0.25) is 0 Å². The Morgan fingerprint density at radius 3 is 2.71 bits per heavy atom. The number of carbonyl (C=O) groups excluding carboxylic acids is 1. The Kier molecular flexibility index (Phi) is 3.80. The molecule has 1 amide bonds. The molecule has 21 heavy (non-hydrogen) atoms. The number of nitrogens with one attached hydrogen (secondary N) is 1. The lowest BCUT2D eigenvalue weighted by molar-refractivity contribution is 0.101. The zero-order valence-corrected chi connectivity index (χ0v) is 12.9. The van der Waals surface area contributed by atoms with Gasteiger partial charge in [-0.2, -0.15) is 5.26 Å². The Hall–Kier alpha value is -2.06. The molecule has 0 spiro atoms. The molecule has 0 aliphatic heterocycles. The third kappa shape index (κ3) is 3.17. The van der Waals surface area contributed by atoms with E-state index in [-0.39, 0.29) is 5.91 Å². The molecule has 0 unspecified atom stereocenters. The molecular formula is C16H14BrN3O. The first kappa shape index (κ1) is 13.9. The summed E-state index contributed by atoms with van der Waals surface area (Å²) in [5, 5.41) is 11.5. The van der Waals surface area contributed by atoms with Crippen LogP contribution in [0.15, 0.2) is 41.0 Å². The lowest BCUT2D eigenvalue weighted by atomic mass is 10.1. The second kappa shape index (κ2) is 5.74. The second-order valence-corrected chi connectivity index (χ2v) is 6.08. The van der Waals surface area contributed by atoms with E-state index in [0.29, 0.717) is 18.2 Å². The minimum Gasteiger partial charge on any atom is -0.339 e. The molecular weight excluding hydrogens is 330 g/mol. The number of aromatic nitrogens is 1. The highest BCUT2D eigenvalue weighted by Crippen LogP contribution is 2.37. The second-order valence-electron chi connectivity index (χ2n) is 5.17. The standard InChI is InChI=1S/C16H14BrN3O/c17-12-9-15(20(10-12)14-5-6-14)16(21)19-13-3-1-11(2-4-13)7-8-18/h1-4,9-10,14H,5-7H2,(H,19,21). The number of carbonyl (C=O) groups is 1. The largest absolute Gasteiger partial charge is 0.339 e. The summed E-state index contributed by atoms with van der Waals surface area (Å²) in [7, 11) is 0. The number of benzene rings is 1. The number of rotatable bonds is 4. The molecule has 0 bridgehead atoms. The van der Waals surface area contributed by atoms with Crippen molar-refractivity contribution < 1.29 is 4.79 Å². The van der Waals surface area contributed by atoms with Gasteiger partial charge in [0.05, 0.1) is 12.5 Å². The predicted octanol–water partition coefficient (Wildman–Crippen LogP) is 3.90. The van der Waals surface area contributed by atoms with E-state index in [1.54, 1.807) is 0 Å². The number of halogens is 1. The SMILES string of the molecule is N#CCc1ccc(NC(=O)c2cc(Br)cn2C2CC2)cc1. The highest BCUT2D eigenvalue weighted by atomic mass is 79.9. The summed E-state index contributed by atoms with van der Waals surface area (Å²) in [6.07, 6.45) is 4.60. The summed E-state index contributed by atoms with van der Waals surface area (Å²) < 4.78 is 2.95. The van der Waals surface area contributed by atoms with Crippen LogP contribution < -0.4 is 5.32 Å². The van der Waals surface area contributed by atoms with E-state index in [0.717, 1.165) is 28.6 Å². The quantitative estimate of drug-likeness (QED) is 0.914. The van der Waals surface area contributed by atoms with E-state index >= 15 is 0 Å². The number of anilines is 1. The lowest BCUT2D eigenvalue weighted by Crippen LogP contribution is -2.16. The minimum absolute atomic E-state index is 0.111. The van der Waals surface area contributed by atoms with Crippen molar-refractivity contribution in [1.82, 2.24) is 4.57 Å². The van der Waals surface area contributed by atoms with Gasteiger partial charge in [0, 0.05) is 22.4 Å². The predicted molar refractivity (Wildman–Crippen MR) is 84.1 cm³/mol. The molecule has 1 fully saturated rings. The van der Waals surface area contributed by atoms with Crippen molar-refractivity contribution in [2.24, 2.45) is 0 Å². The number of hydrogen-bond acceptors (Lipinski definition) is 2. The summed E-state index contributed by atoms with van der Waals surface area (Å²) in [6.45, 7) is 0. The smallest absolute Gasteiger partial charge is 0.272 e. The van der Waals surface area contributed by atoms with E-state index < -0.39 is 0 Å². The van der Waals surface area contributed by atoms with E-state index in [9.17, 15) is 4.79 Å². The highest BCUT2D eigenvalue weighted by Gasteiger charge is 2.27. The molecule has 1 aromatic carbocycles. The molecule has 1 saturated carbocycles. The van der Waals surface area contributed by atoms with Gasteiger partial charge in [0.15, 0.2) is 0 Å². The van der Waals surface area contributed by atoms with Gasteiger partial charge in [-0.3, -0.25) is 4.79 Å². The van der Waals surface area contributed by atoms with Crippen LogP contribution in [0.4, 0.5) is 5.69 Å². The van der Waals surface area contributed by atoms with Gasteiger partial charge >= 0.3 is 0 Å². The Morgan fingerprint density at radius 1 is 1.38 bits per heavy atom. The summed E-state index contributed by atoms with van der Waals surface area (Å²) in [5.41, 5.74) is 2.35. The number of nitrogens with zero attached hydrogens (tertiary/aromatic N) is 2. The van der Waals surface area contributed by atoms with Gasteiger partial charge in [0.2, 0.25) is 0 Å². The van der Waals surface area contributed by atoms with Gasteiger partial charge in [-0.1, -0.05) is 12.1 Å². The van der Waals surface area contributed by atoms with E-state index in [1.165, 1.54) is 0 Å². The molecule has 1 heterocycles. The number of hydrogen-bond donors (Lipinski definition) is 1. The Morgan fingerprint density at radius 2 is 2.10 bits per heavy atom. The van der Waals surface area contributed by atoms with Crippen LogP contribution in [0.5, 0.6) is 0 Å². The van der Waals surface area contributed by atoms with Crippen molar-refractivity contribution >= 4 is 27.5 Å². The normalized spacial score (nSPS) is 13.7. The Labute approximate surface area is 131 Å². The van der Waals surface area contributed by atoms with Crippen molar-refractivity contribution in [2.45, 2.75) is 25.3 Å². The summed E-state index contributed by atoms with van der Waals surface area (Å²) >= 11 is 3.43. The van der Waals surface area contributed by atoms with Crippen molar-refractivity contribution in [3.63, 3.8) is 0 Å². The third-order valence-corrected chi connectivity index (χ3v) is 3.92.